The van der Waals surface area contributed by atoms with Crippen LogP contribution in [0.4, 0.5) is 5.13 Å². The van der Waals surface area contributed by atoms with Gasteiger partial charge in [0.05, 0.1) is 5.56 Å². The number of carbonyl (C=O) groups excluding carboxylic acids is 2. The molecule has 2 atom stereocenters. The number of pyridine rings is 1. The first kappa shape index (κ1) is 25.2. The SMILES string of the molecule is CO/N=C(\C(=O)N[C@@H]1C(=O)N2C(C(=O)O)=C(C[n+]3ccn4cc(C(=O)O)ccc43)CS[C@H]12)c1csc(N)n1. The number of oxime groups is 1. The van der Waals surface area contributed by atoms with Crippen LogP contribution >= 0.6 is 23.1 Å². The number of carboxylic acids is 2. The molecule has 2 aliphatic rings. The van der Waals surface area contributed by atoms with Gasteiger partial charge in [-0.2, -0.15) is 0 Å². The van der Waals surface area contributed by atoms with Crippen molar-refractivity contribution in [3.63, 3.8) is 0 Å². The van der Waals surface area contributed by atoms with Crippen molar-refractivity contribution in [3.05, 3.63) is 58.6 Å². The average molecular weight is 559 g/mol. The molecule has 1 fully saturated rings. The summed E-state index contributed by atoms with van der Waals surface area (Å²) in [6.07, 6.45) is 4.82. The largest absolute Gasteiger partial charge is 0.478 e. The Morgan fingerprint density at radius 2 is 2.11 bits per heavy atom. The number of nitrogens with one attached hydrogen (secondary N) is 1. The molecule has 2 amide bonds. The number of β-lactam (4-membered cyclic amide) rings is 1. The zero-order valence-corrected chi connectivity index (χ0v) is 21.2. The minimum absolute atomic E-state index is 0.109. The molecule has 0 aliphatic carbocycles. The highest BCUT2D eigenvalue weighted by Crippen LogP contribution is 2.40. The van der Waals surface area contributed by atoms with Gasteiger partial charge < -0.3 is 26.1 Å². The average Bonchev–Trinajstić information content (AvgIpc) is 3.50. The van der Waals surface area contributed by atoms with E-state index in [4.69, 9.17) is 10.6 Å². The summed E-state index contributed by atoms with van der Waals surface area (Å²) in [7, 11) is 1.26. The van der Waals surface area contributed by atoms with Gasteiger partial charge in [-0.3, -0.25) is 14.5 Å². The summed E-state index contributed by atoms with van der Waals surface area (Å²) in [4.78, 5) is 59.4. The molecule has 0 unspecified atom stereocenters. The van der Waals surface area contributed by atoms with Gasteiger partial charge in [-0.15, -0.1) is 23.1 Å². The second-order valence-corrected chi connectivity index (χ2v) is 10.2. The first-order chi connectivity index (χ1) is 18.2. The van der Waals surface area contributed by atoms with Crippen LogP contribution in [0.15, 0.2) is 52.5 Å². The van der Waals surface area contributed by atoms with Crippen LogP contribution in [0, 0.1) is 0 Å². The number of aromatic carboxylic acids is 1. The number of rotatable bonds is 8. The molecule has 2 aliphatic heterocycles. The molecule has 3 aromatic heterocycles. The number of carbonyl (C=O) groups is 4. The Bertz CT molecular complexity index is 1560. The smallest absolute Gasteiger partial charge is 0.352 e. The number of thiazole rings is 1. The van der Waals surface area contributed by atoms with Gasteiger partial charge >= 0.3 is 11.9 Å². The number of hydrogen-bond donors (Lipinski definition) is 4. The van der Waals surface area contributed by atoms with Gasteiger partial charge in [-0.05, 0) is 6.07 Å². The standard InChI is InChI=1S/C22H19N7O7S2/c1-36-26-14(12-9-38-22(23)24-12)17(30)25-15-18(31)29-16(21(34)35)11(8-37-19(15)29)7-28-5-4-27-6-10(20(32)33)2-3-13(27)28/h2-6,9,15,19H,7-8H2,1H3,(H4-,23,24,25,30,32,33,34,35)/p+1/b26-14-/t15-,19-/m1/s1. The third-order valence-corrected chi connectivity index (χ3v) is 7.98. The molecular formula is C22H20N7O7S2+. The molecule has 5 N–H and O–H groups in total. The summed E-state index contributed by atoms with van der Waals surface area (Å²) in [5.41, 5.74) is 6.78. The van der Waals surface area contributed by atoms with Crippen LogP contribution in [0.1, 0.15) is 16.1 Å². The summed E-state index contributed by atoms with van der Waals surface area (Å²) < 4.78 is 3.39. The minimum atomic E-state index is -1.26. The van der Waals surface area contributed by atoms with E-state index in [1.807, 2.05) is 0 Å². The molecule has 38 heavy (non-hydrogen) atoms. The van der Waals surface area contributed by atoms with Gasteiger partial charge in [0.1, 0.15) is 55.1 Å². The number of nitrogens with two attached hydrogens (primary N) is 1. The fraction of sp³-hybridized carbons (Fsp3) is 0.227. The van der Waals surface area contributed by atoms with Crippen molar-refractivity contribution in [1.29, 1.82) is 0 Å². The molecule has 0 aromatic carbocycles. The Morgan fingerprint density at radius 3 is 2.76 bits per heavy atom. The maximum absolute atomic E-state index is 13.1. The molecule has 196 valence electrons. The van der Waals surface area contributed by atoms with E-state index in [1.54, 1.807) is 27.4 Å². The summed E-state index contributed by atoms with van der Waals surface area (Å²) in [5, 5.41) is 26.6. The molecule has 1 saturated heterocycles. The summed E-state index contributed by atoms with van der Waals surface area (Å²) in [6.45, 7) is 0.168. The third kappa shape index (κ3) is 4.32. The van der Waals surface area contributed by atoms with Crippen LogP contribution in [0.3, 0.4) is 0 Å². The lowest BCUT2D eigenvalue weighted by Crippen LogP contribution is -2.71. The van der Waals surface area contributed by atoms with Crippen molar-refractivity contribution >= 4 is 63.3 Å². The second kappa shape index (κ2) is 9.79. The van der Waals surface area contributed by atoms with Gasteiger partial charge in [-0.25, -0.2) is 23.5 Å². The zero-order chi connectivity index (χ0) is 27.1. The molecule has 5 heterocycles. The van der Waals surface area contributed by atoms with E-state index < -0.39 is 35.2 Å². The summed E-state index contributed by atoms with van der Waals surface area (Å²) in [6, 6.07) is 2.11. The Balaban J connectivity index is 1.37. The number of thioether (sulfide) groups is 1. The molecule has 0 bridgehead atoms. The van der Waals surface area contributed by atoms with Gasteiger partial charge in [0.2, 0.25) is 0 Å². The Kier molecular flexibility index (Phi) is 6.50. The van der Waals surface area contributed by atoms with Crippen molar-refractivity contribution in [3.8, 4) is 0 Å². The van der Waals surface area contributed by atoms with Crippen molar-refractivity contribution < 1.29 is 38.8 Å². The first-order valence-electron chi connectivity index (χ1n) is 11.0. The van der Waals surface area contributed by atoms with E-state index in [-0.39, 0.29) is 34.3 Å². The highest BCUT2D eigenvalue weighted by atomic mass is 32.2. The molecule has 16 heteroatoms. The van der Waals surface area contributed by atoms with Crippen LogP contribution in [-0.4, -0.2) is 78.2 Å². The fourth-order valence-electron chi connectivity index (χ4n) is 4.27. The lowest BCUT2D eigenvalue weighted by Gasteiger charge is -2.49. The van der Waals surface area contributed by atoms with Crippen LogP contribution in [0.2, 0.25) is 0 Å². The second-order valence-electron chi connectivity index (χ2n) is 8.23. The Hall–Kier alpha value is -4.44. The van der Waals surface area contributed by atoms with E-state index in [0.717, 1.165) is 11.3 Å². The number of amides is 2. The molecule has 0 saturated carbocycles. The van der Waals surface area contributed by atoms with Crippen molar-refractivity contribution in [2.75, 3.05) is 18.6 Å². The number of anilines is 1. The van der Waals surface area contributed by atoms with Crippen molar-refractivity contribution in [2.45, 2.75) is 18.0 Å². The summed E-state index contributed by atoms with van der Waals surface area (Å²) >= 11 is 2.43. The van der Waals surface area contributed by atoms with Gasteiger partial charge in [0, 0.05) is 22.8 Å². The maximum Gasteiger partial charge on any atom is 0.352 e. The zero-order valence-electron chi connectivity index (χ0n) is 19.6. The first-order valence-corrected chi connectivity index (χ1v) is 12.9. The van der Waals surface area contributed by atoms with Crippen LogP contribution in [0.5, 0.6) is 0 Å². The predicted octanol–water partition coefficient (Wildman–Crippen LogP) is -0.247. The third-order valence-electron chi connectivity index (χ3n) is 5.96. The van der Waals surface area contributed by atoms with E-state index in [1.165, 1.54) is 41.4 Å². The minimum Gasteiger partial charge on any atom is -0.478 e. The molecule has 5 rings (SSSR count). The molecule has 3 aromatic rings. The number of nitrogen functional groups attached to an aromatic ring is 1. The van der Waals surface area contributed by atoms with Crippen molar-refractivity contribution in [1.82, 2.24) is 19.6 Å². The van der Waals surface area contributed by atoms with Gasteiger partial charge in [0.15, 0.2) is 10.8 Å². The van der Waals surface area contributed by atoms with Gasteiger partial charge in [-0.1, -0.05) is 5.16 Å². The molecule has 0 radical (unpaired) electrons. The predicted molar refractivity (Wildman–Crippen MR) is 134 cm³/mol. The van der Waals surface area contributed by atoms with Crippen LogP contribution in [-0.2, 0) is 25.8 Å². The highest BCUT2D eigenvalue weighted by molar-refractivity contribution is 8.00. The Morgan fingerprint density at radius 1 is 1.32 bits per heavy atom. The van der Waals surface area contributed by atoms with Gasteiger partial charge in [0.25, 0.3) is 17.5 Å². The summed E-state index contributed by atoms with van der Waals surface area (Å²) in [5.74, 6) is -3.31. The number of hydrogen-bond acceptors (Lipinski definition) is 10. The van der Waals surface area contributed by atoms with Crippen LogP contribution in [0.25, 0.3) is 5.65 Å². The molecule has 14 nitrogen and oxygen atoms in total. The highest BCUT2D eigenvalue weighted by Gasteiger charge is 2.54. The lowest BCUT2D eigenvalue weighted by atomic mass is 10.0. The number of imidazole rings is 1. The monoisotopic (exact) mass is 558 g/mol. The Labute approximate surface area is 222 Å². The van der Waals surface area contributed by atoms with E-state index >= 15 is 0 Å². The number of aromatic nitrogens is 3. The van der Waals surface area contributed by atoms with E-state index in [2.05, 4.69) is 15.5 Å². The lowest BCUT2D eigenvalue weighted by molar-refractivity contribution is -0.662. The number of carboxylic acid groups (broad SMARTS) is 2. The number of fused-ring (bicyclic) bond motifs is 2. The topological polar surface area (TPSA) is 193 Å². The number of aliphatic carboxylic acids is 1. The van der Waals surface area contributed by atoms with E-state index in [0.29, 0.717) is 17.0 Å². The van der Waals surface area contributed by atoms with Crippen LogP contribution < -0.4 is 15.6 Å². The molecular weight excluding hydrogens is 538 g/mol. The quantitative estimate of drug-likeness (QED) is 0.124. The fourth-order valence-corrected chi connectivity index (χ4v) is 6.16. The molecule has 0 spiro atoms. The van der Waals surface area contributed by atoms with E-state index in [9.17, 15) is 29.4 Å². The maximum atomic E-state index is 13.1. The number of nitrogens with zero attached hydrogens (tertiary/aromatic N) is 5. The normalized spacial score (nSPS) is 19.2. The van der Waals surface area contributed by atoms with Crippen molar-refractivity contribution in [2.24, 2.45) is 5.16 Å².